The van der Waals surface area contributed by atoms with Crippen molar-refractivity contribution in [2.75, 3.05) is 19.7 Å². The summed E-state index contributed by atoms with van der Waals surface area (Å²) in [5, 5.41) is 12.5. The van der Waals surface area contributed by atoms with Gasteiger partial charge in [-0.1, -0.05) is 19.1 Å². The number of piperidine rings is 1. The highest BCUT2D eigenvalue weighted by Gasteiger charge is 2.27. The molecule has 1 atom stereocenters. The van der Waals surface area contributed by atoms with Gasteiger partial charge in [0.15, 0.2) is 0 Å². The van der Waals surface area contributed by atoms with Gasteiger partial charge in [-0.05, 0) is 49.9 Å². The van der Waals surface area contributed by atoms with Gasteiger partial charge >= 0.3 is 0 Å². The van der Waals surface area contributed by atoms with Crippen LogP contribution in [0.3, 0.4) is 0 Å². The van der Waals surface area contributed by atoms with Crippen molar-refractivity contribution < 1.29 is 14.7 Å². The molecule has 1 saturated heterocycles. The van der Waals surface area contributed by atoms with Gasteiger partial charge in [-0.2, -0.15) is 0 Å². The highest BCUT2D eigenvalue weighted by Crippen LogP contribution is 2.25. The average molecular weight is 381 g/mol. The fourth-order valence-corrected chi connectivity index (χ4v) is 3.58. The number of aliphatic hydroxyl groups excluding tert-OH is 1. The number of pyridine rings is 1. The minimum Gasteiger partial charge on any atom is -0.394 e. The zero-order valence-corrected chi connectivity index (χ0v) is 16.2. The molecule has 1 aromatic carbocycles. The lowest BCUT2D eigenvalue weighted by molar-refractivity contribution is 0.0503. The molecular weight excluding hydrogens is 354 g/mol. The van der Waals surface area contributed by atoms with Crippen LogP contribution in [0.1, 0.15) is 53.3 Å². The molecule has 148 valence electrons. The van der Waals surface area contributed by atoms with Crippen LogP contribution in [-0.4, -0.2) is 52.5 Å². The highest BCUT2D eigenvalue weighted by atomic mass is 16.3. The third-order valence-electron chi connectivity index (χ3n) is 5.07. The van der Waals surface area contributed by atoms with E-state index in [1.54, 1.807) is 35.4 Å². The molecule has 2 heterocycles. The molecule has 1 fully saturated rings. The number of rotatable bonds is 6. The monoisotopic (exact) mass is 381 g/mol. The fraction of sp³-hybridized carbons (Fsp3) is 0.409. The minimum atomic E-state index is -0.168. The smallest absolute Gasteiger partial charge is 0.254 e. The quantitative estimate of drug-likeness (QED) is 0.806. The van der Waals surface area contributed by atoms with E-state index in [0.29, 0.717) is 29.9 Å². The molecule has 0 radical (unpaired) electrons. The van der Waals surface area contributed by atoms with E-state index in [-0.39, 0.29) is 24.5 Å². The molecular formula is C22H27N3O3. The number of likely N-dealkylation sites (tertiary alicyclic amines) is 1. The maximum Gasteiger partial charge on any atom is 0.254 e. The molecule has 0 spiro atoms. The van der Waals surface area contributed by atoms with Gasteiger partial charge in [-0.25, -0.2) is 0 Å². The summed E-state index contributed by atoms with van der Waals surface area (Å²) >= 11 is 0. The minimum absolute atomic E-state index is 0.0204. The maximum atomic E-state index is 13.0. The molecule has 0 saturated carbocycles. The van der Waals surface area contributed by atoms with E-state index in [1.807, 2.05) is 19.1 Å². The van der Waals surface area contributed by atoms with Gasteiger partial charge in [-0.15, -0.1) is 0 Å². The van der Waals surface area contributed by atoms with E-state index in [1.165, 1.54) is 0 Å². The SMILES string of the molecule is CCCNC(=O)c1cccnc1-c1cccc(C(=O)N2CCCC[C@@H]2CO)c1. The van der Waals surface area contributed by atoms with Crippen molar-refractivity contribution in [3.63, 3.8) is 0 Å². The lowest BCUT2D eigenvalue weighted by Gasteiger charge is -2.34. The van der Waals surface area contributed by atoms with Gasteiger partial charge in [0.05, 0.1) is 23.9 Å². The predicted octanol–water partition coefficient (Wildman–Crippen LogP) is 2.88. The molecule has 0 bridgehead atoms. The van der Waals surface area contributed by atoms with Crippen LogP contribution < -0.4 is 5.32 Å². The van der Waals surface area contributed by atoms with Gasteiger partial charge in [0.1, 0.15) is 0 Å². The molecule has 2 aromatic rings. The lowest BCUT2D eigenvalue weighted by atomic mass is 9.99. The van der Waals surface area contributed by atoms with Crippen LogP contribution in [0, 0.1) is 0 Å². The first-order valence-electron chi connectivity index (χ1n) is 9.91. The van der Waals surface area contributed by atoms with Crippen LogP contribution in [0.5, 0.6) is 0 Å². The summed E-state index contributed by atoms with van der Waals surface area (Å²) in [5.74, 6) is -0.258. The Hall–Kier alpha value is -2.73. The van der Waals surface area contributed by atoms with E-state index in [4.69, 9.17) is 0 Å². The van der Waals surface area contributed by atoms with E-state index in [0.717, 1.165) is 31.2 Å². The third-order valence-corrected chi connectivity index (χ3v) is 5.07. The summed E-state index contributed by atoms with van der Waals surface area (Å²) in [5.41, 5.74) is 2.32. The molecule has 1 aromatic heterocycles. The number of aromatic nitrogens is 1. The number of hydrogen-bond acceptors (Lipinski definition) is 4. The fourth-order valence-electron chi connectivity index (χ4n) is 3.58. The lowest BCUT2D eigenvalue weighted by Crippen LogP contribution is -2.45. The van der Waals surface area contributed by atoms with Crippen LogP contribution in [0.2, 0.25) is 0 Å². The summed E-state index contributed by atoms with van der Waals surface area (Å²) in [4.78, 5) is 31.7. The van der Waals surface area contributed by atoms with Crippen LogP contribution in [0.25, 0.3) is 11.3 Å². The Labute approximate surface area is 165 Å². The molecule has 0 aliphatic carbocycles. The Morgan fingerprint density at radius 3 is 2.89 bits per heavy atom. The Morgan fingerprint density at radius 1 is 1.25 bits per heavy atom. The third kappa shape index (κ3) is 4.39. The van der Waals surface area contributed by atoms with Crippen molar-refractivity contribution in [3.05, 3.63) is 53.7 Å². The second-order valence-electron chi connectivity index (χ2n) is 7.07. The zero-order valence-electron chi connectivity index (χ0n) is 16.2. The molecule has 6 heteroatoms. The topological polar surface area (TPSA) is 82.5 Å². The Kier molecular flexibility index (Phi) is 6.76. The largest absolute Gasteiger partial charge is 0.394 e. The molecule has 1 aliphatic heterocycles. The Morgan fingerprint density at radius 2 is 2.11 bits per heavy atom. The highest BCUT2D eigenvalue weighted by molar-refractivity contribution is 6.01. The Bertz CT molecular complexity index is 837. The van der Waals surface area contributed by atoms with Crippen LogP contribution in [-0.2, 0) is 0 Å². The molecule has 3 rings (SSSR count). The number of carbonyl (C=O) groups is 2. The second-order valence-corrected chi connectivity index (χ2v) is 7.07. The van der Waals surface area contributed by atoms with Gasteiger partial charge < -0.3 is 15.3 Å². The number of nitrogens with one attached hydrogen (secondary N) is 1. The summed E-state index contributed by atoms with van der Waals surface area (Å²) < 4.78 is 0. The van der Waals surface area contributed by atoms with E-state index in [2.05, 4.69) is 10.3 Å². The van der Waals surface area contributed by atoms with E-state index in [9.17, 15) is 14.7 Å². The van der Waals surface area contributed by atoms with Crippen molar-refractivity contribution in [2.45, 2.75) is 38.6 Å². The first-order chi connectivity index (χ1) is 13.7. The maximum absolute atomic E-state index is 13.0. The summed E-state index contributed by atoms with van der Waals surface area (Å²) in [6.45, 7) is 3.24. The number of nitrogens with zero attached hydrogens (tertiary/aromatic N) is 2. The number of benzene rings is 1. The van der Waals surface area contributed by atoms with Crippen LogP contribution in [0.15, 0.2) is 42.6 Å². The summed E-state index contributed by atoms with van der Waals surface area (Å²) in [6.07, 6.45) is 5.30. The van der Waals surface area contributed by atoms with Crippen molar-refractivity contribution in [1.29, 1.82) is 0 Å². The zero-order chi connectivity index (χ0) is 19.9. The van der Waals surface area contributed by atoms with Crippen molar-refractivity contribution in [1.82, 2.24) is 15.2 Å². The standard InChI is InChI=1S/C22H27N3O3/c1-2-11-24-21(27)19-10-6-12-23-20(19)16-7-5-8-17(14-16)22(28)25-13-4-3-9-18(25)15-26/h5-8,10,12,14,18,26H,2-4,9,11,13,15H2,1H3,(H,24,27)/t18-/m1/s1. The number of amides is 2. The van der Waals surface area contributed by atoms with Crippen LogP contribution in [0.4, 0.5) is 0 Å². The predicted molar refractivity (Wildman–Crippen MR) is 108 cm³/mol. The second kappa shape index (κ2) is 9.46. The summed E-state index contributed by atoms with van der Waals surface area (Å²) in [7, 11) is 0. The number of hydrogen-bond donors (Lipinski definition) is 2. The molecule has 2 N–H and O–H groups in total. The van der Waals surface area contributed by atoms with Crippen molar-refractivity contribution >= 4 is 11.8 Å². The molecule has 6 nitrogen and oxygen atoms in total. The van der Waals surface area contributed by atoms with Gasteiger partial charge in [0, 0.05) is 30.4 Å². The van der Waals surface area contributed by atoms with Crippen molar-refractivity contribution in [3.8, 4) is 11.3 Å². The van der Waals surface area contributed by atoms with E-state index < -0.39 is 0 Å². The molecule has 28 heavy (non-hydrogen) atoms. The van der Waals surface area contributed by atoms with Crippen LogP contribution >= 0.6 is 0 Å². The van der Waals surface area contributed by atoms with Gasteiger partial charge in [-0.3, -0.25) is 14.6 Å². The number of carbonyl (C=O) groups excluding carboxylic acids is 2. The van der Waals surface area contributed by atoms with Gasteiger partial charge in [0.25, 0.3) is 11.8 Å². The number of aliphatic hydroxyl groups is 1. The van der Waals surface area contributed by atoms with Gasteiger partial charge in [0.2, 0.25) is 0 Å². The Balaban J connectivity index is 1.90. The van der Waals surface area contributed by atoms with E-state index >= 15 is 0 Å². The summed E-state index contributed by atoms with van der Waals surface area (Å²) in [6, 6.07) is 10.6. The normalized spacial score (nSPS) is 16.6. The molecule has 1 aliphatic rings. The molecule has 0 unspecified atom stereocenters. The average Bonchev–Trinajstić information content (AvgIpc) is 2.77. The van der Waals surface area contributed by atoms with Crippen molar-refractivity contribution in [2.24, 2.45) is 0 Å². The first-order valence-corrected chi connectivity index (χ1v) is 9.91. The molecule has 2 amide bonds. The first kappa shape index (κ1) is 20.0.